The zero-order chi connectivity index (χ0) is 22.6. The quantitative estimate of drug-likeness (QED) is 0.442. The maximum atomic E-state index is 13.1. The Kier molecular flexibility index (Phi) is 10.3. The zero-order valence-corrected chi connectivity index (χ0v) is 19.4. The van der Waals surface area contributed by atoms with E-state index in [1.165, 1.54) is 11.3 Å². The number of nitrogens with one attached hydrogen (secondary N) is 1. The maximum Gasteiger partial charge on any atom is 0.226 e. The van der Waals surface area contributed by atoms with E-state index < -0.39 is 0 Å². The molecular weight excluding hydrogens is 414 g/mol. The third-order valence-electron chi connectivity index (χ3n) is 4.63. The lowest BCUT2D eigenvalue weighted by Gasteiger charge is -2.20. The predicted molar refractivity (Wildman–Crippen MR) is 125 cm³/mol. The third kappa shape index (κ3) is 7.25. The highest BCUT2D eigenvalue weighted by Crippen LogP contribution is 2.35. The minimum atomic E-state index is -0.152. The van der Waals surface area contributed by atoms with Crippen molar-refractivity contribution in [2.75, 3.05) is 25.6 Å². The van der Waals surface area contributed by atoms with E-state index in [4.69, 9.17) is 9.15 Å². The van der Waals surface area contributed by atoms with E-state index in [9.17, 15) is 9.59 Å². The van der Waals surface area contributed by atoms with Gasteiger partial charge in [-0.3, -0.25) is 14.6 Å². The van der Waals surface area contributed by atoms with E-state index in [1.807, 2.05) is 32.9 Å². The molecule has 3 rings (SSSR count). The van der Waals surface area contributed by atoms with Crippen LogP contribution in [0.2, 0.25) is 0 Å². The molecular formula is C23H31N3O4S. The van der Waals surface area contributed by atoms with Crippen molar-refractivity contribution < 1.29 is 18.7 Å². The summed E-state index contributed by atoms with van der Waals surface area (Å²) in [5, 5.41) is 3.23. The van der Waals surface area contributed by atoms with Crippen LogP contribution in [0.4, 0.5) is 5.13 Å². The molecule has 1 fully saturated rings. The second-order valence-electron chi connectivity index (χ2n) is 6.95. The molecule has 8 heteroatoms. The average Bonchev–Trinajstić information content (AvgIpc) is 3.45. The number of Topliss-reactive ketones (excluding diaryl/α,β-unsaturated/α-hetero) is 1. The number of ketones is 1. The smallest absolute Gasteiger partial charge is 0.226 e. The maximum absolute atomic E-state index is 13.1. The van der Waals surface area contributed by atoms with Crippen LogP contribution in [0.3, 0.4) is 0 Å². The molecule has 0 aliphatic carbocycles. The fourth-order valence-electron chi connectivity index (χ4n) is 3.12. The largest absolute Gasteiger partial charge is 0.463 e. The molecule has 1 atom stereocenters. The molecule has 1 saturated heterocycles. The van der Waals surface area contributed by atoms with Crippen LogP contribution in [-0.4, -0.2) is 43.2 Å². The third-order valence-corrected chi connectivity index (χ3v) is 5.61. The Hall–Kier alpha value is -2.58. The predicted octanol–water partition coefficient (Wildman–Crippen LogP) is 5.26. The first-order valence-electron chi connectivity index (χ1n) is 10.6. The second kappa shape index (κ2) is 13.0. The van der Waals surface area contributed by atoms with Crippen LogP contribution in [-0.2, 0) is 9.53 Å². The number of carbonyl (C=O) groups is 2. The van der Waals surface area contributed by atoms with Gasteiger partial charge >= 0.3 is 0 Å². The second-order valence-corrected chi connectivity index (χ2v) is 7.95. The highest BCUT2D eigenvalue weighted by Gasteiger charge is 2.29. The summed E-state index contributed by atoms with van der Waals surface area (Å²) in [5.74, 6) is 0.369. The number of nitrogens with zero attached hydrogens (tertiary/aromatic N) is 2. The Morgan fingerprint density at radius 2 is 2.10 bits per heavy atom. The summed E-state index contributed by atoms with van der Waals surface area (Å²) >= 11 is 1.20. The first-order valence-corrected chi connectivity index (χ1v) is 11.5. The van der Waals surface area contributed by atoms with Crippen molar-refractivity contribution in [3.8, 4) is 11.5 Å². The molecule has 7 nitrogen and oxygen atoms in total. The number of allylic oxidation sites excluding steroid dienone is 2. The van der Waals surface area contributed by atoms with Crippen LogP contribution in [0.25, 0.3) is 11.5 Å². The Morgan fingerprint density at radius 1 is 1.35 bits per heavy atom. The Bertz CT molecular complexity index is 881. The number of aromatic nitrogens is 1. The van der Waals surface area contributed by atoms with E-state index >= 15 is 0 Å². The summed E-state index contributed by atoms with van der Waals surface area (Å²) in [7, 11) is 1.69. The number of aliphatic imine (C=N–C) groups is 1. The number of thiazole rings is 1. The molecule has 168 valence electrons. The van der Waals surface area contributed by atoms with Gasteiger partial charge in [0.2, 0.25) is 5.91 Å². The van der Waals surface area contributed by atoms with E-state index in [0.717, 1.165) is 0 Å². The van der Waals surface area contributed by atoms with Crippen molar-refractivity contribution in [1.82, 2.24) is 4.98 Å². The summed E-state index contributed by atoms with van der Waals surface area (Å²) in [6.07, 6.45) is 8.67. The van der Waals surface area contributed by atoms with Gasteiger partial charge < -0.3 is 14.5 Å². The van der Waals surface area contributed by atoms with Gasteiger partial charge in [-0.25, -0.2) is 4.98 Å². The summed E-state index contributed by atoms with van der Waals surface area (Å²) in [5.41, 5.74) is 0.485. The molecule has 2 aromatic rings. The number of anilines is 1. The fraction of sp³-hybridized carbons (Fsp3) is 0.478. The molecule has 0 radical (unpaired) electrons. The highest BCUT2D eigenvalue weighted by atomic mass is 32.1. The van der Waals surface area contributed by atoms with Crippen molar-refractivity contribution in [2.24, 2.45) is 16.8 Å². The monoisotopic (exact) mass is 445 g/mol. The van der Waals surface area contributed by atoms with Crippen molar-refractivity contribution in [1.29, 1.82) is 0 Å². The standard InChI is InChI=1S/C21H25N3O4S.C2H6/c1-14(5-3-9-22-2)13-17(25)23-21-24-18(16-6-4-10-28-16)20(29-21)19(26)15-7-11-27-12-8-15;1-2/h3-6,9-10,14-15H,7-8,11-13H2,1-2H3,(H,23,24,25);1-2H3/b5-3-,22-9?;. The van der Waals surface area contributed by atoms with E-state index in [-0.39, 0.29) is 23.5 Å². The fourth-order valence-corrected chi connectivity index (χ4v) is 4.13. The van der Waals surface area contributed by atoms with Gasteiger partial charge in [-0.15, -0.1) is 0 Å². The first kappa shape index (κ1) is 24.7. The molecule has 1 amide bonds. The Labute approximate surface area is 187 Å². The number of rotatable bonds is 8. The van der Waals surface area contributed by atoms with Gasteiger partial charge in [0, 0.05) is 38.8 Å². The van der Waals surface area contributed by atoms with E-state index in [1.54, 1.807) is 31.7 Å². The number of hydrogen-bond acceptors (Lipinski definition) is 7. The number of furan rings is 1. The van der Waals surface area contributed by atoms with Gasteiger partial charge in [-0.05, 0) is 37.0 Å². The van der Waals surface area contributed by atoms with Crippen molar-refractivity contribution in [3.05, 3.63) is 35.4 Å². The van der Waals surface area contributed by atoms with E-state index in [0.29, 0.717) is 53.9 Å². The number of carbonyl (C=O) groups excluding carboxylic acids is 2. The average molecular weight is 446 g/mol. The summed E-state index contributed by atoms with van der Waals surface area (Å²) < 4.78 is 10.8. The zero-order valence-electron chi connectivity index (χ0n) is 18.6. The molecule has 1 unspecified atom stereocenters. The molecule has 0 saturated carbocycles. The van der Waals surface area contributed by atoms with E-state index in [2.05, 4.69) is 15.3 Å². The Morgan fingerprint density at radius 3 is 2.74 bits per heavy atom. The lowest BCUT2D eigenvalue weighted by atomic mass is 9.94. The molecule has 1 N–H and O–H groups in total. The van der Waals surface area contributed by atoms with Crippen LogP contribution in [0.5, 0.6) is 0 Å². The van der Waals surface area contributed by atoms with Crippen LogP contribution in [0.15, 0.2) is 40.0 Å². The highest BCUT2D eigenvalue weighted by molar-refractivity contribution is 7.18. The minimum Gasteiger partial charge on any atom is -0.463 e. The SMILES string of the molecule is CC.CN=C/C=C\C(C)CC(=O)Nc1nc(-c2ccco2)c(C(=O)C2CCOCC2)s1. The summed E-state index contributed by atoms with van der Waals surface area (Å²) in [6, 6.07) is 3.52. The lowest BCUT2D eigenvalue weighted by Crippen LogP contribution is -2.23. The van der Waals surface area contributed by atoms with Crippen LogP contribution in [0.1, 0.15) is 49.7 Å². The molecule has 2 aromatic heterocycles. The van der Waals surface area contributed by atoms with Gasteiger partial charge in [0.05, 0.1) is 6.26 Å². The van der Waals surface area contributed by atoms with Gasteiger partial charge in [0.25, 0.3) is 0 Å². The van der Waals surface area contributed by atoms with Gasteiger partial charge in [0.1, 0.15) is 10.6 Å². The summed E-state index contributed by atoms with van der Waals surface area (Å²) in [6.45, 7) is 7.13. The molecule has 0 spiro atoms. The topological polar surface area (TPSA) is 93.8 Å². The molecule has 0 bridgehead atoms. The van der Waals surface area contributed by atoms with Gasteiger partial charge in [0.15, 0.2) is 16.7 Å². The lowest BCUT2D eigenvalue weighted by molar-refractivity contribution is -0.116. The molecule has 31 heavy (non-hydrogen) atoms. The molecule has 1 aliphatic rings. The number of ether oxygens (including phenoxy) is 1. The first-order chi connectivity index (χ1) is 15.1. The van der Waals surface area contributed by atoms with Crippen molar-refractivity contribution in [2.45, 2.75) is 40.0 Å². The van der Waals surface area contributed by atoms with Crippen LogP contribution >= 0.6 is 11.3 Å². The summed E-state index contributed by atoms with van der Waals surface area (Å²) in [4.78, 5) is 34.4. The van der Waals surface area contributed by atoms with Gasteiger partial charge in [-0.2, -0.15) is 0 Å². The molecule has 3 heterocycles. The molecule has 1 aliphatic heterocycles. The van der Waals surface area contributed by atoms with Crippen LogP contribution < -0.4 is 5.32 Å². The number of amides is 1. The minimum absolute atomic E-state index is 0.0350. The van der Waals surface area contributed by atoms with Crippen molar-refractivity contribution >= 4 is 34.4 Å². The normalized spacial score (nSPS) is 15.6. The van der Waals surface area contributed by atoms with Gasteiger partial charge in [-0.1, -0.05) is 38.2 Å². The number of hydrogen-bond donors (Lipinski definition) is 1. The van der Waals surface area contributed by atoms with Crippen LogP contribution in [0, 0.1) is 11.8 Å². The molecule has 0 aromatic carbocycles. The Balaban J connectivity index is 0.00000166. The van der Waals surface area contributed by atoms with Crippen molar-refractivity contribution in [3.63, 3.8) is 0 Å².